The third-order valence-corrected chi connectivity index (χ3v) is 6.50. The van der Waals surface area contributed by atoms with E-state index in [1.54, 1.807) is 12.1 Å². The second kappa shape index (κ2) is 7.96. The zero-order chi connectivity index (χ0) is 23.2. The Morgan fingerprint density at radius 3 is 2.52 bits per heavy atom. The Hall–Kier alpha value is -3.80. The minimum absolute atomic E-state index is 0. The maximum absolute atomic E-state index is 13.4. The molecule has 0 atom stereocenters. The number of hydrogen-bond acceptors (Lipinski definition) is 4. The van der Waals surface area contributed by atoms with Crippen LogP contribution in [0.25, 0.3) is 11.1 Å². The first kappa shape index (κ1) is 21.1. The number of nitrogens with two attached hydrogens (primary N) is 1. The Morgan fingerprint density at radius 2 is 1.79 bits per heavy atom. The summed E-state index contributed by atoms with van der Waals surface area (Å²) in [5, 5.41) is 3.12. The van der Waals surface area contributed by atoms with E-state index in [-0.39, 0.29) is 21.5 Å². The first-order chi connectivity index (χ1) is 15.9. The summed E-state index contributed by atoms with van der Waals surface area (Å²) in [6, 6.07) is 18.9. The molecule has 6 heteroatoms. The summed E-state index contributed by atoms with van der Waals surface area (Å²) < 4.78 is 10.9. The zero-order valence-electron chi connectivity index (χ0n) is 18.7. The van der Waals surface area contributed by atoms with E-state index in [4.69, 9.17) is 15.2 Å². The van der Waals surface area contributed by atoms with Gasteiger partial charge in [0, 0.05) is 14.1 Å². The number of carbonyl (C=O) groups excluding carboxylic acids is 2. The normalized spacial score (nSPS) is 15.4. The number of hydrogen-bond donors (Lipinski definition) is 2. The van der Waals surface area contributed by atoms with Gasteiger partial charge in [-0.1, -0.05) is 38.1 Å². The van der Waals surface area contributed by atoms with Gasteiger partial charge in [-0.15, -0.1) is 0 Å². The van der Waals surface area contributed by atoms with Crippen molar-refractivity contribution in [3.8, 4) is 22.6 Å². The fourth-order valence-electron chi connectivity index (χ4n) is 4.44. The molecule has 6 nitrogen and oxygen atoms in total. The number of fused-ring (bicyclic) bond motifs is 1. The largest absolute Gasteiger partial charge is 0.454 e. The molecular weight excluding hydrogens is 416 g/mol. The van der Waals surface area contributed by atoms with Gasteiger partial charge in [0.1, 0.15) is 0 Å². The highest BCUT2D eigenvalue weighted by Crippen LogP contribution is 2.51. The summed E-state index contributed by atoms with van der Waals surface area (Å²) in [5.74, 6) is 1.17. The van der Waals surface area contributed by atoms with Crippen LogP contribution in [-0.2, 0) is 10.2 Å². The first-order valence-electron chi connectivity index (χ1n) is 11.1. The van der Waals surface area contributed by atoms with Crippen molar-refractivity contribution >= 4 is 17.5 Å². The van der Waals surface area contributed by atoms with Crippen LogP contribution in [-0.4, -0.2) is 18.6 Å². The van der Waals surface area contributed by atoms with Crippen LogP contribution in [0.5, 0.6) is 11.5 Å². The van der Waals surface area contributed by atoms with Gasteiger partial charge in [-0.2, -0.15) is 0 Å². The molecule has 33 heavy (non-hydrogen) atoms. The van der Waals surface area contributed by atoms with Gasteiger partial charge in [0.05, 0.1) is 5.41 Å². The highest BCUT2D eigenvalue weighted by Gasteiger charge is 2.51. The molecule has 3 aromatic carbocycles. The SMILES string of the molecule is CC(C)c1ccc(NC(=O)C2(c3ccc4c(c3)OCO4)CC2)cc1-c1cccc(C(N)=O)c1.[HH].[HH]. The lowest BCUT2D eigenvalue weighted by atomic mass is 9.91. The average Bonchev–Trinajstić information content (AvgIpc) is 3.49. The van der Waals surface area contributed by atoms with E-state index in [0.717, 1.165) is 40.8 Å². The van der Waals surface area contributed by atoms with Gasteiger partial charge in [-0.25, -0.2) is 0 Å². The van der Waals surface area contributed by atoms with Gasteiger partial charge in [0.15, 0.2) is 11.5 Å². The third-order valence-electron chi connectivity index (χ3n) is 6.50. The molecule has 0 bridgehead atoms. The zero-order valence-corrected chi connectivity index (χ0v) is 18.7. The van der Waals surface area contributed by atoms with Gasteiger partial charge in [-0.05, 0) is 77.4 Å². The van der Waals surface area contributed by atoms with Crippen molar-refractivity contribution in [1.29, 1.82) is 0 Å². The number of ether oxygens (including phenoxy) is 2. The van der Waals surface area contributed by atoms with Gasteiger partial charge in [0.25, 0.3) is 0 Å². The van der Waals surface area contributed by atoms with Crippen molar-refractivity contribution in [2.75, 3.05) is 12.1 Å². The van der Waals surface area contributed by atoms with E-state index in [0.29, 0.717) is 17.1 Å². The third kappa shape index (κ3) is 3.82. The van der Waals surface area contributed by atoms with E-state index in [2.05, 4.69) is 19.2 Å². The Bertz CT molecular complexity index is 1270. The number of nitrogens with one attached hydrogen (secondary N) is 1. The molecule has 1 aliphatic heterocycles. The van der Waals surface area contributed by atoms with Crippen LogP contribution < -0.4 is 20.5 Å². The number of primary amides is 1. The van der Waals surface area contributed by atoms with Crippen molar-refractivity contribution in [2.45, 2.75) is 38.0 Å². The predicted molar refractivity (Wildman–Crippen MR) is 131 cm³/mol. The van der Waals surface area contributed by atoms with Crippen LogP contribution in [0.1, 0.15) is 56.9 Å². The Balaban J connectivity index is 0.00000171. The Morgan fingerprint density at radius 1 is 1.00 bits per heavy atom. The first-order valence-corrected chi connectivity index (χ1v) is 11.1. The molecule has 0 unspecified atom stereocenters. The minimum atomic E-state index is -0.552. The molecule has 3 aromatic rings. The summed E-state index contributed by atoms with van der Waals surface area (Å²) in [5.41, 5.74) is 10.0. The van der Waals surface area contributed by atoms with Crippen LogP contribution in [0, 0.1) is 0 Å². The molecular formula is C27H30N2O4. The lowest BCUT2D eigenvalue weighted by Crippen LogP contribution is -2.27. The smallest absolute Gasteiger partial charge is 0.248 e. The summed E-state index contributed by atoms with van der Waals surface area (Å²) >= 11 is 0. The molecule has 1 fully saturated rings. The highest BCUT2D eigenvalue weighted by molar-refractivity contribution is 6.02. The van der Waals surface area contributed by atoms with Gasteiger partial charge in [0.2, 0.25) is 18.6 Å². The molecule has 0 spiro atoms. The maximum Gasteiger partial charge on any atom is 0.248 e. The van der Waals surface area contributed by atoms with E-state index in [9.17, 15) is 9.59 Å². The fraction of sp³-hybridized carbons (Fsp3) is 0.259. The minimum Gasteiger partial charge on any atom is -0.454 e. The summed E-state index contributed by atoms with van der Waals surface area (Å²) in [6.07, 6.45) is 1.58. The van der Waals surface area contributed by atoms with Crippen LogP contribution in [0.3, 0.4) is 0 Å². The maximum atomic E-state index is 13.4. The Labute approximate surface area is 195 Å². The quantitative estimate of drug-likeness (QED) is 0.525. The molecule has 0 saturated heterocycles. The van der Waals surface area contributed by atoms with E-state index in [1.165, 1.54) is 0 Å². The molecule has 5 rings (SSSR count). The molecule has 0 radical (unpaired) electrons. The number of anilines is 1. The molecule has 1 aliphatic carbocycles. The van der Waals surface area contributed by atoms with Crippen molar-refractivity contribution < 1.29 is 21.9 Å². The van der Waals surface area contributed by atoms with E-state index >= 15 is 0 Å². The summed E-state index contributed by atoms with van der Waals surface area (Å²) in [7, 11) is 0. The molecule has 0 aromatic heterocycles. The molecule has 172 valence electrons. The second-order valence-corrected chi connectivity index (χ2v) is 9.01. The predicted octanol–water partition coefficient (Wildman–Crippen LogP) is 5.47. The van der Waals surface area contributed by atoms with Gasteiger partial charge in [-0.3, -0.25) is 9.59 Å². The monoisotopic (exact) mass is 446 g/mol. The molecule has 1 saturated carbocycles. The second-order valence-electron chi connectivity index (χ2n) is 9.01. The Kier molecular flexibility index (Phi) is 5.08. The number of benzene rings is 3. The number of amides is 2. The van der Waals surface area contributed by atoms with E-state index < -0.39 is 11.3 Å². The van der Waals surface area contributed by atoms with E-state index in [1.807, 2.05) is 48.5 Å². The van der Waals surface area contributed by atoms with Gasteiger partial charge >= 0.3 is 0 Å². The topological polar surface area (TPSA) is 90.7 Å². The number of rotatable bonds is 6. The van der Waals surface area contributed by atoms with Crippen LogP contribution in [0.15, 0.2) is 60.7 Å². The lowest BCUT2D eigenvalue weighted by Gasteiger charge is -2.19. The molecule has 1 heterocycles. The number of carbonyl (C=O) groups is 2. The average molecular weight is 447 g/mol. The van der Waals surface area contributed by atoms with Crippen molar-refractivity contribution in [3.05, 3.63) is 77.4 Å². The summed E-state index contributed by atoms with van der Waals surface area (Å²) in [6.45, 7) is 4.45. The van der Waals surface area contributed by atoms with Crippen molar-refractivity contribution in [2.24, 2.45) is 5.73 Å². The summed E-state index contributed by atoms with van der Waals surface area (Å²) in [4.78, 5) is 25.0. The standard InChI is InChI=1S/C27H26N2O4.2H2/c1-16(2)21-8-7-20(14-22(21)17-4-3-5-18(12-17)25(28)30)29-26(31)27(10-11-27)19-6-9-23-24(13-19)33-15-32-23;;/h3-9,12-14,16H,10-11,15H2,1-2H3,(H2,28,30)(H,29,31);2*1H. The van der Waals surface area contributed by atoms with Crippen molar-refractivity contribution in [1.82, 2.24) is 0 Å². The lowest BCUT2D eigenvalue weighted by molar-refractivity contribution is -0.118. The van der Waals surface area contributed by atoms with Crippen LogP contribution >= 0.6 is 0 Å². The fourth-order valence-corrected chi connectivity index (χ4v) is 4.44. The van der Waals surface area contributed by atoms with Crippen molar-refractivity contribution in [3.63, 3.8) is 0 Å². The highest BCUT2D eigenvalue weighted by atomic mass is 16.7. The van der Waals surface area contributed by atoms with Crippen LogP contribution in [0.4, 0.5) is 5.69 Å². The van der Waals surface area contributed by atoms with Gasteiger partial charge < -0.3 is 20.5 Å². The molecule has 2 amide bonds. The molecule has 3 N–H and O–H groups in total. The van der Waals surface area contributed by atoms with Crippen LogP contribution in [0.2, 0.25) is 0 Å². The molecule has 2 aliphatic rings.